The smallest absolute Gasteiger partial charge is 0.589 e. The maximum absolute atomic E-state index is 11.6. The molecule has 81 valence electrons. The van der Waals surface area contributed by atoms with Crippen molar-refractivity contribution in [2.45, 2.75) is 32.6 Å². The Bertz CT molecular complexity index is 279. The first kappa shape index (κ1) is 11.0. The molecule has 0 bridgehead atoms. The van der Waals surface area contributed by atoms with E-state index >= 15 is 0 Å². The normalized spacial score (nSPS) is 35.7. The van der Waals surface area contributed by atoms with Crippen LogP contribution in [0.4, 0.5) is 0 Å². The summed E-state index contributed by atoms with van der Waals surface area (Å²) in [5, 5.41) is 0. The molecule has 0 spiro atoms. The van der Waals surface area contributed by atoms with E-state index in [0.29, 0.717) is 5.92 Å². The molecule has 2 aliphatic rings. The SMILES string of the molecule is CCC1CCC2C(=O)[O][Al][O]C(=O)C2C1. The molecule has 1 saturated carbocycles. The van der Waals surface area contributed by atoms with Gasteiger partial charge in [0.25, 0.3) is 11.9 Å². The van der Waals surface area contributed by atoms with E-state index in [-0.39, 0.29) is 23.8 Å². The fourth-order valence-corrected chi connectivity index (χ4v) is 3.05. The van der Waals surface area contributed by atoms with Crippen molar-refractivity contribution < 1.29 is 17.2 Å². The van der Waals surface area contributed by atoms with E-state index in [9.17, 15) is 9.59 Å². The summed E-state index contributed by atoms with van der Waals surface area (Å²) >= 11 is -0.921. The van der Waals surface area contributed by atoms with Crippen molar-refractivity contribution >= 4 is 27.8 Å². The van der Waals surface area contributed by atoms with E-state index in [1.165, 1.54) is 0 Å². The minimum atomic E-state index is -0.921. The Hall–Kier alpha value is -0.528. The Labute approximate surface area is 95.7 Å². The van der Waals surface area contributed by atoms with Crippen molar-refractivity contribution in [2.24, 2.45) is 17.8 Å². The Morgan fingerprint density at radius 2 is 1.87 bits per heavy atom. The summed E-state index contributed by atoms with van der Waals surface area (Å²) in [6.07, 6.45) is 3.65. The largest absolute Gasteiger partial charge is 0.885 e. The predicted octanol–water partition coefficient (Wildman–Crippen LogP) is 1.06. The lowest BCUT2D eigenvalue weighted by Gasteiger charge is -2.31. The third kappa shape index (κ3) is 2.19. The van der Waals surface area contributed by atoms with Gasteiger partial charge in [-0.3, -0.25) is 9.59 Å². The van der Waals surface area contributed by atoms with Crippen LogP contribution in [-0.4, -0.2) is 27.8 Å². The van der Waals surface area contributed by atoms with Crippen LogP contribution >= 0.6 is 0 Å². The average molecular weight is 225 g/mol. The van der Waals surface area contributed by atoms with Crippen LogP contribution in [0.25, 0.3) is 0 Å². The van der Waals surface area contributed by atoms with Gasteiger partial charge in [0.1, 0.15) is 0 Å². The van der Waals surface area contributed by atoms with Gasteiger partial charge in [-0.25, -0.2) is 0 Å². The highest BCUT2D eigenvalue weighted by Crippen LogP contribution is 2.37. The summed E-state index contributed by atoms with van der Waals surface area (Å²) in [6.45, 7) is 2.12. The number of rotatable bonds is 1. The average Bonchev–Trinajstić information content (AvgIpc) is 2.40. The second-order valence-corrected chi connectivity index (χ2v) is 4.93. The molecule has 0 aromatic carbocycles. The topological polar surface area (TPSA) is 52.6 Å². The van der Waals surface area contributed by atoms with Crippen LogP contribution in [0, 0.1) is 17.8 Å². The van der Waals surface area contributed by atoms with E-state index in [2.05, 4.69) is 6.92 Å². The monoisotopic (exact) mass is 225 g/mol. The van der Waals surface area contributed by atoms with E-state index in [0.717, 1.165) is 25.7 Å². The highest BCUT2D eigenvalue weighted by molar-refractivity contribution is 6.27. The molecule has 0 N–H and O–H groups in total. The zero-order valence-electron chi connectivity index (χ0n) is 8.77. The molecule has 0 aromatic heterocycles. The predicted molar refractivity (Wildman–Crippen MR) is 52.6 cm³/mol. The van der Waals surface area contributed by atoms with Gasteiger partial charge in [0.05, 0.1) is 11.8 Å². The second-order valence-electron chi connectivity index (χ2n) is 4.27. The van der Waals surface area contributed by atoms with Gasteiger partial charge in [-0.15, -0.1) is 0 Å². The van der Waals surface area contributed by atoms with Crippen LogP contribution in [-0.2, 0) is 17.2 Å². The highest BCUT2D eigenvalue weighted by Gasteiger charge is 2.43. The fourth-order valence-electron chi connectivity index (χ4n) is 2.46. The number of carbonyl (C=O) groups is 2. The number of hydrogen-bond donors (Lipinski definition) is 0. The number of fused-ring (bicyclic) bond motifs is 1. The van der Waals surface area contributed by atoms with E-state index < -0.39 is 15.9 Å². The van der Waals surface area contributed by atoms with Gasteiger partial charge in [-0.1, -0.05) is 13.3 Å². The van der Waals surface area contributed by atoms with Crippen LogP contribution in [0.5, 0.6) is 0 Å². The second kappa shape index (κ2) is 4.55. The minimum Gasteiger partial charge on any atom is -0.589 e. The Morgan fingerprint density at radius 1 is 1.20 bits per heavy atom. The standard InChI is InChI=1S/C10H16O4.Al/c1-2-6-3-4-7(9(11)12)8(5-6)10(13)14;/h6-8H,2-5H2,1H3,(H,11,12)(H,13,14);/q;+2/p-2. The van der Waals surface area contributed by atoms with Crippen LogP contribution in [0.1, 0.15) is 32.6 Å². The molecule has 15 heavy (non-hydrogen) atoms. The van der Waals surface area contributed by atoms with Crippen molar-refractivity contribution in [3.05, 3.63) is 0 Å². The maximum atomic E-state index is 11.6. The molecule has 1 radical (unpaired) electrons. The van der Waals surface area contributed by atoms with Crippen LogP contribution in [0.15, 0.2) is 0 Å². The summed E-state index contributed by atoms with van der Waals surface area (Å²) in [7, 11) is 0. The summed E-state index contributed by atoms with van der Waals surface area (Å²) in [5.41, 5.74) is 0. The molecule has 4 nitrogen and oxygen atoms in total. The van der Waals surface area contributed by atoms with Crippen molar-refractivity contribution in [3.8, 4) is 0 Å². The van der Waals surface area contributed by atoms with Gasteiger partial charge < -0.3 is 7.58 Å². The molecule has 2 rings (SSSR count). The van der Waals surface area contributed by atoms with Crippen molar-refractivity contribution in [2.75, 3.05) is 0 Å². The molecule has 1 heterocycles. The molecule has 1 saturated heterocycles. The molecule has 0 amide bonds. The molecule has 5 heteroatoms. The van der Waals surface area contributed by atoms with Crippen molar-refractivity contribution in [1.82, 2.24) is 0 Å². The molecule has 1 aliphatic heterocycles. The number of carbonyl (C=O) groups excluding carboxylic acids is 2. The first-order valence-electron chi connectivity index (χ1n) is 5.45. The Balaban J connectivity index is 2.14. The highest BCUT2D eigenvalue weighted by atomic mass is 27.2. The molecule has 1 aliphatic carbocycles. The van der Waals surface area contributed by atoms with Crippen molar-refractivity contribution in [3.63, 3.8) is 0 Å². The Kier molecular flexibility index (Phi) is 3.33. The maximum Gasteiger partial charge on any atom is 0.885 e. The molecular weight excluding hydrogens is 211 g/mol. The molecule has 2 fully saturated rings. The zero-order valence-corrected chi connectivity index (χ0v) is 9.93. The first-order valence-corrected chi connectivity index (χ1v) is 6.39. The summed E-state index contributed by atoms with van der Waals surface area (Å²) in [4.78, 5) is 23.2. The quantitative estimate of drug-likeness (QED) is 0.626. The molecule has 3 unspecified atom stereocenters. The van der Waals surface area contributed by atoms with Gasteiger partial charge in [0.2, 0.25) is 0 Å². The Morgan fingerprint density at radius 3 is 2.53 bits per heavy atom. The van der Waals surface area contributed by atoms with E-state index in [4.69, 9.17) is 7.58 Å². The summed E-state index contributed by atoms with van der Waals surface area (Å²) in [5.74, 6) is -0.379. The zero-order chi connectivity index (χ0) is 10.8. The third-order valence-corrected chi connectivity index (χ3v) is 4.13. The first-order chi connectivity index (χ1) is 7.22. The van der Waals surface area contributed by atoms with Gasteiger partial charge >= 0.3 is 15.9 Å². The van der Waals surface area contributed by atoms with E-state index in [1.54, 1.807) is 0 Å². The third-order valence-electron chi connectivity index (χ3n) is 3.47. The van der Waals surface area contributed by atoms with Gasteiger partial charge in [0, 0.05) is 0 Å². The van der Waals surface area contributed by atoms with Crippen LogP contribution in [0.3, 0.4) is 0 Å². The molecule has 3 atom stereocenters. The lowest BCUT2D eigenvalue weighted by atomic mass is 9.73. The van der Waals surface area contributed by atoms with Gasteiger partial charge in [0.15, 0.2) is 0 Å². The number of hydrogen-bond acceptors (Lipinski definition) is 4. The lowest BCUT2D eigenvalue weighted by Crippen LogP contribution is -2.34. The molecule has 0 aromatic rings. The lowest BCUT2D eigenvalue weighted by molar-refractivity contribution is -0.148. The fraction of sp³-hybridized carbons (Fsp3) is 0.800. The summed E-state index contributed by atoms with van der Waals surface area (Å²) in [6, 6.07) is 0. The van der Waals surface area contributed by atoms with Crippen molar-refractivity contribution in [1.29, 1.82) is 0 Å². The van der Waals surface area contributed by atoms with E-state index in [1.807, 2.05) is 0 Å². The van der Waals surface area contributed by atoms with Gasteiger partial charge in [-0.2, -0.15) is 0 Å². The minimum absolute atomic E-state index is 0.223. The summed E-state index contributed by atoms with van der Waals surface area (Å²) < 4.78 is 9.85. The van der Waals surface area contributed by atoms with Gasteiger partial charge in [-0.05, 0) is 25.2 Å². The molecular formula is C10H14AlO4. The van der Waals surface area contributed by atoms with Crippen LogP contribution < -0.4 is 0 Å². The van der Waals surface area contributed by atoms with Crippen LogP contribution in [0.2, 0.25) is 0 Å².